The third-order valence-electron chi connectivity index (χ3n) is 3.12. The first-order chi connectivity index (χ1) is 11.1. The van der Waals surface area contributed by atoms with E-state index in [1.54, 1.807) is 24.3 Å². The number of urea groups is 1. The van der Waals surface area contributed by atoms with Gasteiger partial charge in [0.25, 0.3) is 0 Å². The zero-order valence-electron chi connectivity index (χ0n) is 12.1. The molecule has 0 bridgehead atoms. The van der Waals surface area contributed by atoms with Crippen LogP contribution in [-0.2, 0) is 13.1 Å². The van der Waals surface area contributed by atoms with Crippen molar-refractivity contribution in [1.82, 2.24) is 10.6 Å². The van der Waals surface area contributed by atoms with E-state index in [0.717, 1.165) is 5.56 Å². The quantitative estimate of drug-likeness (QED) is 0.909. The Bertz CT molecular complexity index is 805. The van der Waals surface area contributed by atoms with Gasteiger partial charge >= 0.3 is 6.03 Å². The van der Waals surface area contributed by atoms with E-state index in [4.69, 9.17) is 10.5 Å². The minimum absolute atomic E-state index is 0.0224. The van der Waals surface area contributed by atoms with Gasteiger partial charge in [0.05, 0.1) is 23.3 Å². The molecule has 114 valence electrons. The van der Waals surface area contributed by atoms with Gasteiger partial charge in [-0.25, -0.2) is 9.18 Å². The second-order valence-electron chi connectivity index (χ2n) is 4.77. The summed E-state index contributed by atoms with van der Waals surface area (Å²) in [6.45, 7) is 0.230. The Hall–Kier alpha value is -3.38. The van der Waals surface area contributed by atoms with Crippen molar-refractivity contribution in [2.24, 2.45) is 0 Å². The minimum atomic E-state index is -0.481. The van der Waals surface area contributed by atoms with E-state index in [-0.39, 0.29) is 18.7 Å². The van der Waals surface area contributed by atoms with Gasteiger partial charge < -0.3 is 10.6 Å². The molecular weight excluding hydrogens is 295 g/mol. The van der Waals surface area contributed by atoms with Gasteiger partial charge in [-0.15, -0.1) is 0 Å². The first kappa shape index (κ1) is 16.0. The number of carbonyl (C=O) groups excluding carboxylic acids is 1. The smallest absolute Gasteiger partial charge is 0.315 e. The predicted octanol–water partition coefficient (Wildman–Crippen LogP) is 2.57. The fourth-order valence-electron chi connectivity index (χ4n) is 1.95. The van der Waals surface area contributed by atoms with Crippen molar-refractivity contribution in [3.05, 3.63) is 70.5 Å². The lowest BCUT2D eigenvalue weighted by atomic mass is 10.1. The maximum atomic E-state index is 13.6. The minimum Gasteiger partial charge on any atom is -0.334 e. The number of benzene rings is 2. The zero-order valence-corrected chi connectivity index (χ0v) is 12.1. The summed E-state index contributed by atoms with van der Waals surface area (Å²) in [4.78, 5) is 11.7. The van der Waals surface area contributed by atoms with E-state index in [1.165, 1.54) is 18.2 Å². The van der Waals surface area contributed by atoms with Crippen LogP contribution in [0, 0.1) is 28.5 Å². The number of nitriles is 2. The zero-order chi connectivity index (χ0) is 16.7. The van der Waals surface area contributed by atoms with Crippen molar-refractivity contribution in [3.63, 3.8) is 0 Å². The van der Waals surface area contributed by atoms with E-state index < -0.39 is 11.8 Å². The molecule has 0 saturated carbocycles. The van der Waals surface area contributed by atoms with E-state index in [1.807, 2.05) is 12.1 Å². The normalized spacial score (nSPS) is 9.52. The van der Waals surface area contributed by atoms with E-state index in [2.05, 4.69) is 10.6 Å². The Labute approximate surface area is 133 Å². The van der Waals surface area contributed by atoms with Crippen LogP contribution in [0.5, 0.6) is 0 Å². The van der Waals surface area contributed by atoms with Gasteiger partial charge in [0, 0.05) is 18.7 Å². The number of nitrogens with one attached hydrogen (secondary N) is 2. The maximum Gasteiger partial charge on any atom is 0.315 e. The second-order valence-corrected chi connectivity index (χ2v) is 4.77. The van der Waals surface area contributed by atoms with Gasteiger partial charge in [-0.1, -0.05) is 12.1 Å². The molecule has 0 aliphatic rings. The van der Waals surface area contributed by atoms with Crippen LogP contribution in [0.3, 0.4) is 0 Å². The highest BCUT2D eigenvalue weighted by Crippen LogP contribution is 2.09. The predicted molar refractivity (Wildman–Crippen MR) is 81.3 cm³/mol. The summed E-state index contributed by atoms with van der Waals surface area (Å²) in [6.07, 6.45) is 0. The molecule has 2 N–H and O–H groups in total. The average molecular weight is 308 g/mol. The number of halogens is 1. The Balaban J connectivity index is 1.88. The van der Waals surface area contributed by atoms with Gasteiger partial charge in [0.1, 0.15) is 5.82 Å². The summed E-state index contributed by atoms with van der Waals surface area (Å²) in [5, 5.41) is 22.7. The molecule has 0 aliphatic heterocycles. The van der Waals surface area contributed by atoms with E-state index in [9.17, 15) is 9.18 Å². The lowest BCUT2D eigenvalue weighted by Gasteiger charge is -2.09. The molecule has 0 radical (unpaired) electrons. The summed E-state index contributed by atoms with van der Waals surface area (Å²) < 4.78 is 13.6. The van der Waals surface area contributed by atoms with Crippen LogP contribution in [0.25, 0.3) is 0 Å². The SMILES string of the molecule is N#Cc1cccc(CNC(=O)NCc2cc(C#N)ccc2F)c1. The Morgan fingerprint density at radius 3 is 2.43 bits per heavy atom. The fraction of sp³-hybridized carbons (Fsp3) is 0.118. The first-order valence-corrected chi connectivity index (χ1v) is 6.81. The second kappa shape index (κ2) is 7.58. The number of amides is 2. The van der Waals surface area contributed by atoms with Crippen molar-refractivity contribution in [2.75, 3.05) is 0 Å². The van der Waals surface area contributed by atoms with Gasteiger partial charge in [-0.3, -0.25) is 0 Å². The van der Waals surface area contributed by atoms with Crippen LogP contribution in [-0.4, -0.2) is 6.03 Å². The summed E-state index contributed by atoms with van der Waals surface area (Å²) in [5.41, 5.74) is 1.87. The molecule has 0 fully saturated rings. The van der Waals surface area contributed by atoms with Gasteiger partial charge in [-0.2, -0.15) is 10.5 Å². The van der Waals surface area contributed by atoms with Crippen molar-refractivity contribution >= 4 is 6.03 Å². The Kier molecular flexibility index (Phi) is 5.27. The third-order valence-corrected chi connectivity index (χ3v) is 3.12. The topological polar surface area (TPSA) is 88.7 Å². The third kappa shape index (κ3) is 4.55. The first-order valence-electron chi connectivity index (χ1n) is 6.81. The van der Waals surface area contributed by atoms with Gasteiger partial charge in [0.2, 0.25) is 0 Å². The molecule has 2 aromatic carbocycles. The van der Waals surface area contributed by atoms with Crippen molar-refractivity contribution in [3.8, 4) is 12.1 Å². The Morgan fingerprint density at radius 2 is 1.70 bits per heavy atom. The number of nitrogens with zero attached hydrogens (tertiary/aromatic N) is 2. The molecular formula is C17H13FN4O. The van der Waals surface area contributed by atoms with Gasteiger partial charge in [0.15, 0.2) is 0 Å². The number of carbonyl (C=O) groups is 1. The molecule has 0 heterocycles. The highest BCUT2D eigenvalue weighted by molar-refractivity contribution is 5.73. The highest BCUT2D eigenvalue weighted by atomic mass is 19.1. The van der Waals surface area contributed by atoms with Crippen molar-refractivity contribution < 1.29 is 9.18 Å². The van der Waals surface area contributed by atoms with Crippen LogP contribution in [0.2, 0.25) is 0 Å². The largest absolute Gasteiger partial charge is 0.334 e. The highest BCUT2D eigenvalue weighted by Gasteiger charge is 2.06. The number of rotatable bonds is 4. The fourth-order valence-corrected chi connectivity index (χ4v) is 1.95. The molecule has 6 heteroatoms. The molecule has 5 nitrogen and oxygen atoms in total. The lowest BCUT2D eigenvalue weighted by molar-refractivity contribution is 0.240. The van der Waals surface area contributed by atoms with E-state index >= 15 is 0 Å². The average Bonchev–Trinajstić information content (AvgIpc) is 2.59. The summed E-state index contributed by atoms with van der Waals surface area (Å²) in [6, 6.07) is 14.3. The van der Waals surface area contributed by atoms with Crippen LogP contribution in [0.15, 0.2) is 42.5 Å². The molecule has 2 aromatic rings. The molecule has 0 atom stereocenters. The molecule has 0 saturated heterocycles. The molecule has 0 unspecified atom stereocenters. The molecule has 2 rings (SSSR count). The monoisotopic (exact) mass is 308 g/mol. The maximum absolute atomic E-state index is 13.6. The van der Waals surface area contributed by atoms with Gasteiger partial charge in [-0.05, 0) is 35.9 Å². The van der Waals surface area contributed by atoms with Crippen molar-refractivity contribution in [1.29, 1.82) is 10.5 Å². The number of hydrogen-bond acceptors (Lipinski definition) is 3. The summed E-state index contributed by atoms with van der Waals surface area (Å²) >= 11 is 0. The Morgan fingerprint density at radius 1 is 1.00 bits per heavy atom. The molecule has 2 amide bonds. The molecule has 0 aliphatic carbocycles. The van der Waals surface area contributed by atoms with Crippen LogP contribution >= 0.6 is 0 Å². The van der Waals surface area contributed by atoms with Crippen LogP contribution in [0.4, 0.5) is 9.18 Å². The van der Waals surface area contributed by atoms with Crippen LogP contribution < -0.4 is 10.6 Å². The summed E-state index contributed by atoms with van der Waals surface area (Å²) in [5.74, 6) is -0.481. The molecule has 0 spiro atoms. The van der Waals surface area contributed by atoms with Crippen molar-refractivity contribution in [2.45, 2.75) is 13.1 Å². The standard InChI is InChI=1S/C17H13FN4O/c18-16-5-4-13(9-20)7-15(16)11-22-17(23)21-10-14-3-1-2-12(6-14)8-19/h1-7H,10-11H2,(H2,21,22,23). The summed E-state index contributed by atoms with van der Waals surface area (Å²) in [7, 11) is 0. The van der Waals surface area contributed by atoms with E-state index in [0.29, 0.717) is 11.1 Å². The van der Waals surface area contributed by atoms with Crippen LogP contribution in [0.1, 0.15) is 22.3 Å². The number of hydrogen-bond donors (Lipinski definition) is 2. The molecule has 0 aromatic heterocycles. The molecule has 23 heavy (non-hydrogen) atoms. The lowest BCUT2D eigenvalue weighted by Crippen LogP contribution is -2.34.